The summed E-state index contributed by atoms with van der Waals surface area (Å²) < 4.78 is 6.36. The molecule has 1 aromatic rings. The van der Waals surface area contributed by atoms with Crippen molar-refractivity contribution in [3.63, 3.8) is 0 Å². The van der Waals surface area contributed by atoms with Gasteiger partial charge in [0, 0.05) is 26.2 Å². The maximum absolute atomic E-state index is 11.3. The lowest BCUT2D eigenvalue weighted by Crippen LogP contribution is -2.19. The van der Waals surface area contributed by atoms with Crippen molar-refractivity contribution in [1.82, 2.24) is 15.1 Å². The maximum atomic E-state index is 11.3. The van der Waals surface area contributed by atoms with Crippen LogP contribution >= 0.6 is 0 Å². The van der Waals surface area contributed by atoms with E-state index in [1.807, 2.05) is 0 Å². The highest BCUT2D eigenvalue weighted by Crippen LogP contribution is 2.01. The average Bonchev–Trinajstić information content (AvgIpc) is 2.75. The van der Waals surface area contributed by atoms with E-state index in [4.69, 9.17) is 4.74 Å². The molecule has 0 aromatic carbocycles. The van der Waals surface area contributed by atoms with Gasteiger partial charge in [-0.2, -0.15) is 5.10 Å². The molecule has 1 heterocycles. The lowest BCUT2D eigenvalue weighted by molar-refractivity contribution is -0.120. The molecule has 1 rings (SSSR count). The second-order valence-electron chi connectivity index (χ2n) is 3.14. The Kier molecular flexibility index (Phi) is 4.50. The fraction of sp³-hybridized carbons (Fsp3) is 0.500. The largest absolute Gasteiger partial charge is 0.462 e. The lowest BCUT2D eigenvalue weighted by atomic mass is 10.3. The second kappa shape index (κ2) is 5.89. The smallest absolute Gasteiger partial charge is 0.341 e. The highest BCUT2D eigenvalue weighted by Gasteiger charge is 2.09. The van der Waals surface area contributed by atoms with E-state index in [1.54, 1.807) is 24.9 Å². The number of hydrogen-bond acceptors (Lipinski definition) is 4. The number of carbonyl (C=O) groups is 2. The van der Waals surface area contributed by atoms with Crippen molar-refractivity contribution in [3.05, 3.63) is 18.0 Å². The molecule has 0 aliphatic carbocycles. The molecule has 1 aromatic heterocycles. The van der Waals surface area contributed by atoms with Crippen LogP contribution in [0.2, 0.25) is 0 Å². The Morgan fingerprint density at radius 2 is 2.31 bits per heavy atom. The highest BCUT2D eigenvalue weighted by atomic mass is 16.5. The number of aryl methyl sites for hydroxylation is 1. The predicted octanol–water partition coefficient (Wildman–Crippen LogP) is 0.196. The minimum atomic E-state index is -0.395. The maximum Gasteiger partial charge on any atom is 0.341 e. The quantitative estimate of drug-likeness (QED) is 0.726. The van der Waals surface area contributed by atoms with E-state index in [0.717, 1.165) is 0 Å². The third-order valence-electron chi connectivity index (χ3n) is 1.99. The number of carbonyl (C=O) groups excluding carboxylic acids is 2. The topological polar surface area (TPSA) is 73.2 Å². The molecule has 0 bridgehead atoms. The average molecular weight is 225 g/mol. The van der Waals surface area contributed by atoms with Crippen LogP contribution in [0.5, 0.6) is 0 Å². The minimum Gasteiger partial charge on any atom is -0.462 e. The van der Waals surface area contributed by atoms with E-state index in [2.05, 4.69) is 10.4 Å². The lowest BCUT2D eigenvalue weighted by Gasteiger charge is -2.00. The fourth-order valence-electron chi connectivity index (χ4n) is 1.15. The summed E-state index contributed by atoms with van der Waals surface area (Å²) in [6.45, 7) is 2.52. The van der Waals surface area contributed by atoms with Gasteiger partial charge in [0.05, 0.1) is 18.4 Å². The van der Waals surface area contributed by atoms with Crippen LogP contribution in [0.15, 0.2) is 12.4 Å². The molecule has 0 aliphatic rings. The van der Waals surface area contributed by atoms with Crippen molar-refractivity contribution < 1.29 is 14.3 Å². The molecule has 0 radical (unpaired) electrons. The Bertz CT molecular complexity index is 373. The molecule has 0 unspecified atom stereocenters. The van der Waals surface area contributed by atoms with Gasteiger partial charge in [-0.05, 0) is 6.92 Å². The first-order valence-corrected chi connectivity index (χ1v) is 5.07. The Morgan fingerprint density at radius 1 is 1.56 bits per heavy atom. The molecule has 88 valence electrons. The van der Waals surface area contributed by atoms with Crippen LogP contribution < -0.4 is 5.32 Å². The summed E-state index contributed by atoms with van der Waals surface area (Å²) in [5, 5.41) is 6.48. The van der Waals surface area contributed by atoms with Gasteiger partial charge >= 0.3 is 5.97 Å². The van der Waals surface area contributed by atoms with Gasteiger partial charge in [0.1, 0.15) is 0 Å². The van der Waals surface area contributed by atoms with Crippen LogP contribution in [-0.4, -0.2) is 35.3 Å². The molecule has 16 heavy (non-hydrogen) atoms. The number of ether oxygens (including phenoxy) is 1. The molecule has 1 N–H and O–H groups in total. The highest BCUT2D eigenvalue weighted by molar-refractivity contribution is 5.88. The van der Waals surface area contributed by atoms with Crippen molar-refractivity contribution in [2.75, 3.05) is 13.7 Å². The van der Waals surface area contributed by atoms with Crippen LogP contribution in [0.4, 0.5) is 0 Å². The van der Waals surface area contributed by atoms with Gasteiger partial charge in [-0.25, -0.2) is 4.79 Å². The number of nitrogens with zero attached hydrogens (tertiary/aromatic N) is 2. The summed E-state index contributed by atoms with van der Waals surface area (Å²) in [6, 6.07) is 0. The number of esters is 1. The number of rotatable bonds is 5. The molecular weight excluding hydrogens is 210 g/mol. The summed E-state index contributed by atoms with van der Waals surface area (Å²) in [7, 11) is 1.58. The van der Waals surface area contributed by atoms with Gasteiger partial charge in [0.25, 0.3) is 0 Å². The fourth-order valence-corrected chi connectivity index (χ4v) is 1.15. The van der Waals surface area contributed by atoms with Crippen molar-refractivity contribution >= 4 is 11.9 Å². The van der Waals surface area contributed by atoms with Gasteiger partial charge < -0.3 is 10.1 Å². The summed E-state index contributed by atoms with van der Waals surface area (Å²) in [5.74, 6) is -0.457. The van der Waals surface area contributed by atoms with Gasteiger partial charge in [0.2, 0.25) is 5.91 Å². The monoisotopic (exact) mass is 225 g/mol. The van der Waals surface area contributed by atoms with Gasteiger partial charge in [0.15, 0.2) is 0 Å². The third kappa shape index (κ3) is 3.38. The molecule has 0 saturated carbocycles. The van der Waals surface area contributed by atoms with Gasteiger partial charge in [-0.15, -0.1) is 0 Å². The predicted molar refractivity (Wildman–Crippen MR) is 56.9 cm³/mol. The summed E-state index contributed by atoms with van der Waals surface area (Å²) in [6.07, 6.45) is 3.34. The molecule has 0 saturated heterocycles. The number of amides is 1. The molecule has 0 atom stereocenters. The van der Waals surface area contributed by atoms with Gasteiger partial charge in [-0.1, -0.05) is 0 Å². The Balaban J connectivity index is 2.51. The van der Waals surface area contributed by atoms with Crippen molar-refractivity contribution in [2.24, 2.45) is 0 Å². The van der Waals surface area contributed by atoms with Crippen molar-refractivity contribution in [2.45, 2.75) is 19.9 Å². The normalized spacial score (nSPS) is 9.88. The zero-order chi connectivity index (χ0) is 12.0. The van der Waals surface area contributed by atoms with Crippen LogP contribution in [0.25, 0.3) is 0 Å². The molecule has 0 aliphatic heterocycles. The van der Waals surface area contributed by atoms with Crippen LogP contribution in [-0.2, 0) is 16.1 Å². The molecule has 0 fully saturated rings. The third-order valence-corrected chi connectivity index (χ3v) is 1.99. The Morgan fingerprint density at radius 3 is 2.94 bits per heavy atom. The number of hydrogen-bond donors (Lipinski definition) is 1. The van der Waals surface area contributed by atoms with Crippen LogP contribution in [0, 0.1) is 0 Å². The van der Waals surface area contributed by atoms with Gasteiger partial charge in [-0.3, -0.25) is 9.48 Å². The van der Waals surface area contributed by atoms with E-state index in [0.29, 0.717) is 25.1 Å². The van der Waals surface area contributed by atoms with E-state index < -0.39 is 5.97 Å². The first-order valence-electron chi connectivity index (χ1n) is 5.07. The second-order valence-corrected chi connectivity index (χ2v) is 3.14. The van der Waals surface area contributed by atoms with E-state index in [1.165, 1.54) is 6.20 Å². The minimum absolute atomic E-state index is 0.0619. The molecule has 1 amide bonds. The Hall–Kier alpha value is -1.85. The zero-order valence-electron chi connectivity index (χ0n) is 9.40. The summed E-state index contributed by atoms with van der Waals surface area (Å²) >= 11 is 0. The molecule has 0 spiro atoms. The van der Waals surface area contributed by atoms with E-state index in [9.17, 15) is 9.59 Å². The number of aromatic nitrogens is 2. The zero-order valence-corrected chi connectivity index (χ0v) is 9.40. The van der Waals surface area contributed by atoms with E-state index in [-0.39, 0.29) is 5.91 Å². The SMILES string of the molecule is CCOC(=O)c1cnn(CCC(=O)NC)c1. The summed E-state index contributed by atoms with van der Waals surface area (Å²) in [5.41, 5.74) is 0.402. The first-order chi connectivity index (χ1) is 7.67. The molecular formula is C10H15N3O3. The Labute approximate surface area is 93.6 Å². The standard InChI is InChI=1S/C10H15N3O3/c1-3-16-10(15)8-6-12-13(7-8)5-4-9(14)11-2/h6-7H,3-5H2,1-2H3,(H,11,14). The van der Waals surface area contributed by atoms with E-state index >= 15 is 0 Å². The van der Waals surface area contributed by atoms with Crippen molar-refractivity contribution in [3.8, 4) is 0 Å². The van der Waals surface area contributed by atoms with Crippen molar-refractivity contribution in [1.29, 1.82) is 0 Å². The van der Waals surface area contributed by atoms with Crippen LogP contribution in [0.1, 0.15) is 23.7 Å². The first kappa shape index (κ1) is 12.2. The molecule has 6 nitrogen and oxygen atoms in total. The van der Waals surface area contributed by atoms with Crippen LogP contribution in [0.3, 0.4) is 0 Å². The summed E-state index contributed by atoms with van der Waals surface area (Å²) in [4.78, 5) is 22.3. The molecule has 6 heteroatoms. The number of nitrogens with one attached hydrogen (secondary N) is 1.